The van der Waals surface area contributed by atoms with Crippen molar-refractivity contribution in [2.75, 3.05) is 18.8 Å². The van der Waals surface area contributed by atoms with Gasteiger partial charge in [0.2, 0.25) is 0 Å². The first kappa shape index (κ1) is 18.6. The fourth-order valence-electron chi connectivity index (χ4n) is 3.93. The molecule has 2 aliphatic heterocycles. The number of fused-ring (bicyclic) bond motifs is 2. The molecule has 2 aromatic rings. The van der Waals surface area contributed by atoms with E-state index in [1.165, 1.54) is 6.20 Å². The number of carbonyl (C=O) groups is 1. The highest BCUT2D eigenvalue weighted by Crippen LogP contribution is 2.44. The van der Waals surface area contributed by atoms with Gasteiger partial charge >= 0.3 is 12.2 Å². The second-order valence-corrected chi connectivity index (χ2v) is 7.78. The van der Waals surface area contributed by atoms with Gasteiger partial charge in [-0.15, -0.1) is 0 Å². The zero-order chi connectivity index (χ0) is 20.3. The molecule has 1 spiro atoms. The molecular weight excluding hydrogens is 373 g/mol. The Bertz CT molecular complexity index is 930. The molecule has 0 atom stereocenters. The molecule has 0 bridgehead atoms. The Hall–Kier alpha value is -2.78. The van der Waals surface area contributed by atoms with Crippen molar-refractivity contribution >= 4 is 11.8 Å². The summed E-state index contributed by atoms with van der Waals surface area (Å²) in [6, 6.07) is 2.75. The first-order valence-corrected chi connectivity index (χ1v) is 9.06. The van der Waals surface area contributed by atoms with Gasteiger partial charge in [-0.3, -0.25) is 4.68 Å². The van der Waals surface area contributed by atoms with Crippen LogP contribution in [-0.2, 0) is 18.1 Å². The van der Waals surface area contributed by atoms with Crippen LogP contribution < -0.4 is 11.1 Å². The maximum atomic E-state index is 13.1. The Labute approximate surface area is 159 Å². The maximum Gasteiger partial charge on any atom is 0.419 e. The summed E-state index contributed by atoms with van der Waals surface area (Å²) < 4.78 is 41.2. The summed E-state index contributed by atoms with van der Waals surface area (Å²) in [6.07, 6.45) is -2.41. The number of nitrogen functional groups attached to an aromatic ring is 1. The minimum absolute atomic E-state index is 0.0607. The van der Waals surface area contributed by atoms with E-state index in [1.54, 1.807) is 11.0 Å². The molecule has 0 radical (unpaired) electrons. The molecule has 150 valence electrons. The number of amides is 2. The van der Waals surface area contributed by atoms with Gasteiger partial charge in [-0.1, -0.05) is 0 Å². The van der Waals surface area contributed by atoms with E-state index in [9.17, 15) is 18.0 Å². The van der Waals surface area contributed by atoms with Crippen molar-refractivity contribution in [1.29, 1.82) is 0 Å². The van der Waals surface area contributed by atoms with E-state index in [0.717, 1.165) is 18.2 Å². The summed E-state index contributed by atoms with van der Waals surface area (Å²) in [5.41, 5.74) is 5.87. The van der Waals surface area contributed by atoms with Crippen LogP contribution in [0.15, 0.2) is 18.3 Å². The van der Waals surface area contributed by atoms with Crippen LogP contribution in [0, 0.1) is 0 Å². The normalized spacial score (nSPS) is 17.7. The number of likely N-dealkylation sites (tertiary alicyclic amines) is 1. The lowest BCUT2D eigenvalue weighted by Crippen LogP contribution is -2.63. The second-order valence-electron chi connectivity index (χ2n) is 7.78. The minimum Gasteiger partial charge on any atom is -0.383 e. The average molecular weight is 394 g/mol. The summed E-state index contributed by atoms with van der Waals surface area (Å²) >= 11 is 0. The van der Waals surface area contributed by atoms with Crippen molar-refractivity contribution in [3.63, 3.8) is 0 Å². The van der Waals surface area contributed by atoms with Gasteiger partial charge in [0.05, 0.1) is 11.3 Å². The molecule has 4 rings (SSSR count). The lowest BCUT2D eigenvalue weighted by atomic mass is 9.76. The summed E-state index contributed by atoms with van der Waals surface area (Å²) in [5.74, 6) is -0.551. The van der Waals surface area contributed by atoms with Crippen LogP contribution in [0.1, 0.15) is 31.5 Å². The molecule has 2 aliphatic rings. The van der Waals surface area contributed by atoms with Crippen LogP contribution >= 0.6 is 0 Å². The van der Waals surface area contributed by atoms with Crippen LogP contribution in [0.2, 0.25) is 0 Å². The van der Waals surface area contributed by atoms with E-state index in [1.807, 2.05) is 18.5 Å². The standard InChI is InChI=1S/C18H21F3N6O/c1-10(2)24-16(28)26-8-17(9-26)3-4-27-14(17)6-13(25-27)11-5-12(18(19,20)21)15(22)23-7-11/h5-7,10H,3-4,8-9H2,1-2H3,(H2,22,23)(H,24,28). The molecule has 10 heteroatoms. The van der Waals surface area contributed by atoms with Crippen molar-refractivity contribution in [2.45, 2.75) is 44.4 Å². The van der Waals surface area contributed by atoms with Crippen LogP contribution in [0.3, 0.4) is 0 Å². The third-order valence-electron chi connectivity index (χ3n) is 5.33. The van der Waals surface area contributed by atoms with Gasteiger partial charge in [0, 0.05) is 48.5 Å². The first-order valence-electron chi connectivity index (χ1n) is 9.06. The maximum absolute atomic E-state index is 13.1. The third kappa shape index (κ3) is 2.96. The molecule has 0 saturated carbocycles. The lowest BCUT2D eigenvalue weighted by Gasteiger charge is -2.47. The number of alkyl halides is 3. The predicted molar refractivity (Wildman–Crippen MR) is 96.4 cm³/mol. The summed E-state index contributed by atoms with van der Waals surface area (Å²) in [6.45, 7) is 5.62. The second kappa shape index (κ2) is 6.11. The van der Waals surface area contributed by atoms with Crippen molar-refractivity contribution in [2.24, 2.45) is 0 Å². The number of urea groups is 1. The Balaban J connectivity index is 1.58. The molecule has 1 fully saturated rings. The summed E-state index contributed by atoms with van der Waals surface area (Å²) in [5, 5.41) is 7.33. The number of nitrogens with two attached hydrogens (primary N) is 1. The molecule has 2 aromatic heterocycles. The van der Waals surface area contributed by atoms with E-state index in [4.69, 9.17) is 5.73 Å². The van der Waals surface area contributed by atoms with Gasteiger partial charge in [0.25, 0.3) is 0 Å². The van der Waals surface area contributed by atoms with E-state index in [-0.39, 0.29) is 23.1 Å². The fraction of sp³-hybridized carbons (Fsp3) is 0.500. The van der Waals surface area contributed by atoms with Crippen molar-refractivity contribution < 1.29 is 18.0 Å². The number of aryl methyl sites for hydroxylation is 1. The number of halogens is 3. The van der Waals surface area contributed by atoms with E-state index < -0.39 is 17.6 Å². The van der Waals surface area contributed by atoms with Crippen LogP contribution in [0.25, 0.3) is 11.3 Å². The van der Waals surface area contributed by atoms with Crippen molar-refractivity contribution in [3.8, 4) is 11.3 Å². The number of hydrogen-bond acceptors (Lipinski definition) is 4. The number of aromatic nitrogens is 3. The molecular formula is C18H21F3N6O. The highest BCUT2D eigenvalue weighted by atomic mass is 19.4. The quantitative estimate of drug-likeness (QED) is 0.820. The number of pyridine rings is 1. The minimum atomic E-state index is -4.57. The summed E-state index contributed by atoms with van der Waals surface area (Å²) in [4.78, 5) is 17.6. The first-order chi connectivity index (χ1) is 13.1. The van der Waals surface area contributed by atoms with E-state index >= 15 is 0 Å². The van der Waals surface area contributed by atoms with Gasteiger partial charge in [0.1, 0.15) is 5.82 Å². The SMILES string of the molecule is CC(C)NC(=O)N1CC2(CCn3nc(-c4cnc(N)c(C(F)(F)F)c4)cc32)C1. The molecule has 2 amide bonds. The van der Waals surface area contributed by atoms with Crippen LogP contribution in [0.5, 0.6) is 0 Å². The van der Waals surface area contributed by atoms with Crippen molar-refractivity contribution in [1.82, 2.24) is 25.0 Å². The van der Waals surface area contributed by atoms with Crippen molar-refractivity contribution in [3.05, 3.63) is 29.6 Å². The smallest absolute Gasteiger partial charge is 0.383 e. The number of hydrogen-bond donors (Lipinski definition) is 2. The highest BCUT2D eigenvalue weighted by Gasteiger charge is 2.51. The van der Waals surface area contributed by atoms with Gasteiger partial charge in [-0.2, -0.15) is 18.3 Å². The van der Waals surface area contributed by atoms with Crippen LogP contribution in [0.4, 0.5) is 23.8 Å². The molecule has 1 saturated heterocycles. The molecule has 0 aromatic carbocycles. The Kier molecular flexibility index (Phi) is 4.06. The van der Waals surface area contributed by atoms with Gasteiger partial charge in [-0.05, 0) is 32.4 Å². The van der Waals surface area contributed by atoms with E-state index in [0.29, 0.717) is 25.3 Å². The van der Waals surface area contributed by atoms with Crippen LogP contribution in [-0.4, -0.2) is 44.8 Å². The Morgan fingerprint density at radius 3 is 2.68 bits per heavy atom. The zero-order valence-corrected chi connectivity index (χ0v) is 15.5. The number of nitrogens with zero attached hydrogens (tertiary/aromatic N) is 4. The molecule has 7 nitrogen and oxygen atoms in total. The molecule has 0 unspecified atom stereocenters. The van der Waals surface area contributed by atoms with Gasteiger partial charge in [0.15, 0.2) is 0 Å². The fourth-order valence-corrected chi connectivity index (χ4v) is 3.93. The molecule has 28 heavy (non-hydrogen) atoms. The Morgan fingerprint density at radius 1 is 1.32 bits per heavy atom. The number of anilines is 1. The molecule has 3 N–H and O–H groups in total. The zero-order valence-electron chi connectivity index (χ0n) is 15.5. The number of nitrogens with one attached hydrogen (secondary N) is 1. The monoisotopic (exact) mass is 394 g/mol. The van der Waals surface area contributed by atoms with Gasteiger partial charge < -0.3 is 16.0 Å². The lowest BCUT2D eigenvalue weighted by molar-refractivity contribution is -0.137. The molecule has 4 heterocycles. The number of carbonyl (C=O) groups excluding carboxylic acids is 1. The topological polar surface area (TPSA) is 89.1 Å². The molecule has 0 aliphatic carbocycles. The van der Waals surface area contributed by atoms with E-state index in [2.05, 4.69) is 15.4 Å². The largest absolute Gasteiger partial charge is 0.419 e. The predicted octanol–water partition coefficient (Wildman–Crippen LogP) is 2.62. The third-order valence-corrected chi connectivity index (χ3v) is 5.33. The summed E-state index contributed by atoms with van der Waals surface area (Å²) in [7, 11) is 0. The van der Waals surface area contributed by atoms with Gasteiger partial charge in [-0.25, -0.2) is 9.78 Å². The average Bonchev–Trinajstić information content (AvgIpc) is 3.10. The highest BCUT2D eigenvalue weighted by molar-refractivity contribution is 5.76. The number of rotatable bonds is 2. The Morgan fingerprint density at radius 2 is 2.04 bits per heavy atom.